The smallest absolute Gasteiger partial charge is 0.230 e. The minimum absolute atomic E-state index is 0.0121. The summed E-state index contributed by atoms with van der Waals surface area (Å²) in [5, 5.41) is 5.89. The Hall–Kier alpha value is -3.36. The number of rotatable bonds is 7. The van der Waals surface area contributed by atoms with E-state index in [4.69, 9.17) is 11.6 Å². The van der Waals surface area contributed by atoms with Crippen molar-refractivity contribution < 1.29 is 18.8 Å². The Kier molecular flexibility index (Phi) is 7.19. The maximum atomic E-state index is 13.8. The molecule has 2 aromatic rings. The summed E-state index contributed by atoms with van der Waals surface area (Å²) >= 11 is 5.71. The summed E-state index contributed by atoms with van der Waals surface area (Å²) in [6.45, 7) is 6.37. The Labute approximate surface area is 201 Å². The maximum absolute atomic E-state index is 13.8. The fraction of sp³-hybridized carbons (Fsp3) is 0.280. The monoisotopic (exact) mass is 482 g/mol. The van der Waals surface area contributed by atoms with Gasteiger partial charge in [0.15, 0.2) is 0 Å². The molecule has 2 aliphatic rings. The van der Waals surface area contributed by atoms with E-state index < -0.39 is 23.3 Å². The largest absolute Gasteiger partial charge is 0.364 e. The summed E-state index contributed by atoms with van der Waals surface area (Å²) in [6, 6.07) is 7.30. The number of nitrogens with zero attached hydrogens (tertiary/aromatic N) is 2. The molecule has 1 aliphatic carbocycles. The standard InChI is InChI=1S/C25H24ClFN4O3/c1-15(16-4-6-17(27)7-5-16)18-8-10-29-21-20(18)24(33)22(30-19(32)3-2-9-26)23(25(21)34)31-13-11-28-12-14-31/h4-8,10,28H,1-3,9,11-14H2,(H,30,32). The molecule has 1 saturated heterocycles. The van der Waals surface area contributed by atoms with Crippen molar-refractivity contribution >= 4 is 34.6 Å². The second-order valence-electron chi connectivity index (χ2n) is 8.03. The van der Waals surface area contributed by atoms with Gasteiger partial charge in [-0.15, -0.1) is 11.6 Å². The average molecular weight is 483 g/mol. The third kappa shape index (κ3) is 4.64. The SMILES string of the molecule is C=C(c1ccc(F)cc1)c1ccnc2c1C(=O)C(NC(=O)CCCCl)=C(N1CCNCC1)C2=O. The van der Waals surface area contributed by atoms with Crippen LogP contribution in [0.1, 0.15) is 44.8 Å². The van der Waals surface area contributed by atoms with Gasteiger partial charge in [-0.25, -0.2) is 4.39 Å². The second-order valence-corrected chi connectivity index (χ2v) is 8.41. The number of nitrogens with one attached hydrogen (secondary N) is 2. The number of ketones is 2. The van der Waals surface area contributed by atoms with Crippen LogP contribution in [-0.4, -0.2) is 59.4 Å². The number of halogens is 2. The molecule has 34 heavy (non-hydrogen) atoms. The van der Waals surface area contributed by atoms with Crippen LogP contribution in [0, 0.1) is 5.82 Å². The zero-order valence-corrected chi connectivity index (χ0v) is 19.3. The summed E-state index contributed by atoms with van der Waals surface area (Å²) in [6.07, 6.45) is 2.02. The lowest BCUT2D eigenvalue weighted by molar-refractivity contribution is -0.120. The number of allylic oxidation sites excluding steroid dienone is 2. The highest BCUT2D eigenvalue weighted by Crippen LogP contribution is 2.33. The van der Waals surface area contributed by atoms with Crippen LogP contribution in [0.2, 0.25) is 0 Å². The first-order valence-corrected chi connectivity index (χ1v) is 11.5. The average Bonchev–Trinajstić information content (AvgIpc) is 2.86. The molecule has 0 saturated carbocycles. The highest BCUT2D eigenvalue weighted by Gasteiger charge is 2.39. The number of pyridine rings is 1. The van der Waals surface area contributed by atoms with Crippen LogP contribution in [0.15, 0.2) is 54.5 Å². The highest BCUT2D eigenvalue weighted by atomic mass is 35.5. The van der Waals surface area contributed by atoms with Crippen LogP contribution in [0.4, 0.5) is 4.39 Å². The Morgan fingerprint density at radius 3 is 2.53 bits per heavy atom. The van der Waals surface area contributed by atoms with E-state index in [1.807, 2.05) is 0 Å². The molecule has 1 aromatic heterocycles. The summed E-state index contributed by atoms with van der Waals surface area (Å²) in [4.78, 5) is 46.0. The molecule has 4 rings (SSSR count). The molecule has 1 amide bonds. The number of alkyl halides is 1. The Bertz CT molecular complexity index is 1190. The molecule has 176 valence electrons. The van der Waals surface area contributed by atoms with Crippen LogP contribution in [0.5, 0.6) is 0 Å². The number of aromatic nitrogens is 1. The van der Waals surface area contributed by atoms with Crippen LogP contribution in [0.25, 0.3) is 5.57 Å². The van der Waals surface area contributed by atoms with Crippen molar-refractivity contribution in [2.75, 3.05) is 32.1 Å². The summed E-state index contributed by atoms with van der Waals surface area (Å²) in [7, 11) is 0. The van der Waals surface area contributed by atoms with E-state index in [9.17, 15) is 18.8 Å². The van der Waals surface area contributed by atoms with Gasteiger partial charge in [0, 0.05) is 44.7 Å². The molecule has 1 aliphatic heterocycles. The number of benzene rings is 1. The van der Waals surface area contributed by atoms with Gasteiger partial charge in [0.2, 0.25) is 17.5 Å². The molecular weight excluding hydrogens is 459 g/mol. The zero-order valence-electron chi connectivity index (χ0n) is 18.5. The first-order chi connectivity index (χ1) is 16.4. The molecule has 7 nitrogen and oxygen atoms in total. The van der Waals surface area contributed by atoms with Gasteiger partial charge >= 0.3 is 0 Å². The van der Waals surface area contributed by atoms with Crippen molar-refractivity contribution in [2.45, 2.75) is 12.8 Å². The van der Waals surface area contributed by atoms with E-state index in [1.165, 1.54) is 18.3 Å². The van der Waals surface area contributed by atoms with E-state index in [0.717, 1.165) is 0 Å². The minimum Gasteiger partial charge on any atom is -0.364 e. The third-order valence-corrected chi connectivity index (χ3v) is 6.09. The van der Waals surface area contributed by atoms with Crippen molar-refractivity contribution in [1.29, 1.82) is 0 Å². The summed E-state index contributed by atoms with van der Waals surface area (Å²) in [5.41, 5.74) is 1.63. The van der Waals surface area contributed by atoms with Gasteiger partial charge in [-0.3, -0.25) is 19.4 Å². The van der Waals surface area contributed by atoms with Gasteiger partial charge in [0.1, 0.15) is 22.9 Å². The van der Waals surface area contributed by atoms with Crippen molar-refractivity contribution in [1.82, 2.24) is 20.5 Å². The van der Waals surface area contributed by atoms with Crippen LogP contribution < -0.4 is 10.6 Å². The summed E-state index contributed by atoms with van der Waals surface area (Å²) < 4.78 is 13.4. The van der Waals surface area contributed by atoms with Crippen LogP contribution in [0.3, 0.4) is 0 Å². The Morgan fingerprint density at radius 1 is 1.15 bits per heavy atom. The van der Waals surface area contributed by atoms with E-state index in [1.54, 1.807) is 23.1 Å². The minimum atomic E-state index is -0.506. The number of fused-ring (bicyclic) bond motifs is 1. The van der Waals surface area contributed by atoms with Gasteiger partial charge in [-0.2, -0.15) is 0 Å². The summed E-state index contributed by atoms with van der Waals surface area (Å²) in [5.74, 6) is -1.43. The Balaban J connectivity index is 1.80. The fourth-order valence-corrected chi connectivity index (χ4v) is 4.25. The molecular formula is C25H24ClFN4O3. The van der Waals surface area contributed by atoms with Gasteiger partial charge in [0.25, 0.3) is 0 Å². The number of piperazine rings is 1. The molecule has 1 fully saturated rings. The highest BCUT2D eigenvalue weighted by molar-refractivity contribution is 6.28. The number of hydrogen-bond acceptors (Lipinski definition) is 6. The lowest BCUT2D eigenvalue weighted by atomic mass is 9.86. The van der Waals surface area contributed by atoms with Crippen molar-refractivity contribution in [3.63, 3.8) is 0 Å². The quantitative estimate of drug-likeness (QED) is 0.590. The lowest BCUT2D eigenvalue weighted by Crippen LogP contribution is -2.48. The number of carbonyl (C=O) groups excluding carboxylic acids is 3. The predicted molar refractivity (Wildman–Crippen MR) is 127 cm³/mol. The van der Waals surface area contributed by atoms with Crippen molar-refractivity contribution in [3.8, 4) is 0 Å². The molecule has 1 aromatic carbocycles. The fourth-order valence-electron chi connectivity index (χ4n) is 4.12. The maximum Gasteiger partial charge on any atom is 0.230 e. The van der Waals surface area contributed by atoms with Gasteiger partial charge < -0.3 is 15.5 Å². The van der Waals surface area contributed by atoms with Crippen molar-refractivity contribution in [2.24, 2.45) is 0 Å². The van der Waals surface area contributed by atoms with E-state index >= 15 is 0 Å². The first kappa shape index (κ1) is 23.8. The molecule has 0 bridgehead atoms. The van der Waals surface area contributed by atoms with Crippen LogP contribution >= 0.6 is 11.6 Å². The number of amides is 1. The van der Waals surface area contributed by atoms with E-state index in [0.29, 0.717) is 55.2 Å². The van der Waals surface area contributed by atoms with Crippen molar-refractivity contribution in [3.05, 3.63) is 82.7 Å². The van der Waals surface area contributed by atoms with E-state index in [-0.39, 0.29) is 29.1 Å². The number of Topliss-reactive ketones (excluding diaryl/α,β-unsaturated/α-hetero) is 2. The van der Waals surface area contributed by atoms with Gasteiger partial charge in [-0.1, -0.05) is 18.7 Å². The third-order valence-electron chi connectivity index (χ3n) is 5.82. The lowest BCUT2D eigenvalue weighted by Gasteiger charge is -2.34. The predicted octanol–water partition coefficient (Wildman–Crippen LogP) is 2.91. The number of hydrogen-bond donors (Lipinski definition) is 2. The topological polar surface area (TPSA) is 91.4 Å². The molecule has 9 heteroatoms. The Morgan fingerprint density at radius 2 is 1.85 bits per heavy atom. The zero-order chi connectivity index (χ0) is 24.2. The second kappa shape index (κ2) is 10.3. The van der Waals surface area contributed by atoms with Gasteiger partial charge in [-0.05, 0) is 41.3 Å². The molecule has 0 spiro atoms. The molecule has 2 heterocycles. The van der Waals surface area contributed by atoms with Gasteiger partial charge in [0.05, 0.1) is 5.56 Å². The molecule has 0 unspecified atom stereocenters. The van der Waals surface area contributed by atoms with E-state index in [2.05, 4.69) is 22.2 Å². The first-order valence-electron chi connectivity index (χ1n) is 11.0. The molecule has 2 N–H and O–H groups in total. The van der Waals surface area contributed by atoms with Crippen LogP contribution in [-0.2, 0) is 4.79 Å². The number of carbonyl (C=O) groups is 3. The molecule has 0 radical (unpaired) electrons. The molecule has 0 atom stereocenters. The normalized spacial score (nSPS) is 15.9.